The third-order valence-electron chi connectivity index (χ3n) is 2.13. The molecule has 17 heavy (non-hydrogen) atoms. The van der Waals surface area contributed by atoms with Crippen molar-refractivity contribution in [1.82, 2.24) is 4.98 Å². The molecule has 94 valence electrons. The first kappa shape index (κ1) is 13.8. The number of pyridine rings is 1. The van der Waals surface area contributed by atoms with Gasteiger partial charge in [-0.1, -0.05) is 11.6 Å². The summed E-state index contributed by atoms with van der Waals surface area (Å²) in [5, 5.41) is -0.184. The molecule has 0 aliphatic carbocycles. The molecule has 0 aromatic carbocycles. The monoisotopic (exact) mass is 264 g/mol. The van der Waals surface area contributed by atoms with Crippen LogP contribution in [0.1, 0.15) is 23.4 Å². The zero-order valence-electron chi connectivity index (χ0n) is 9.04. The predicted molar refractivity (Wildman–Crippen MR) is 57.8 cm³/mol. The van der Waals surface area contributed by atoms with Crippen LogP contribution in [-0.4, -0.2) is 18.1 Å². The van der Waals surface area contributed by atoms with Gasteiger partial charge in [0.15, 0.2) is 0 Å². The molecule has 1 aromatic rings. The Morgan fingerprint density at radius 2 is 2.29 bits per heavy atom. The van der Waals surface area contributed by atoms with E-state index in [0.29, 0.717) is 5.56 Å². The zero-order chi connectivity index (χ0) is 13.0. The van der Waals surface area contributed by atoms with Gasteiger partial charge in [0.2, 0.25) is 0 Å². The topological polar surface area (TPSA) is 65.2 Å². The Hall–Kier alpha value is -1.27. The smallest absolute Gasteiger partial charge is 0.310 e. The minimum atomic E-state index is -2.78. The summed E-state index contributed by atoms with van der Waals surface area (Å²) < 4.78 is 29.5. The highest BCUT2D eigenvalue weighted by Crippen LogP contribution is 2.27. The van der Waals surface area contributed by atoms with E-state index >= 15 is 0 Å². The Bertz CT molecular complexity index is 427. The summed E-state index contributed by atoms with van der Waals surface area (Å²) in [4.78, 5) is 14.8. The number of carbonyl (C=O) groups excluding carboxylic acids is 1. The van der Waals surface area contributed by atoms with E-state index in [1.807, 2.05) is 0 Å². The first-order valence-electron chi connectivity index (χ1n) is 4.72. The van der Waals surface area contributed by atoms with Gasteiger partial charge in [-0.25, -0.2) is 13.8 Å². The quantitative estimate of drug-likeness (QED) is 0.843. The maximum Gasteiger partial charge on any atom is 0.310 e. The molecular weight excluding hydrogens is 254 g/mol. The van der Waals surface area contributed by atoms with Gasteiger partial charge >= 0.3 is 5.97 Å². The van der Waals surface area contributed by atoms with Gasteiger partial charge in [-0.3, -0.25) is 4.79 Å². The average molecular weight is 265 g/mol. The Balaban J connectivity index is 3.14. The van der Waals surface area contributed by atoms with Gasteiger partial charge in [0.25, 0.3) is 6.43 Å². The summed E-state index contributed by atoms with van der Waals surface area (Å²) in [6.07, 6.45) is -2.88. The van der Waals surface area contributed by atoms with Crippen LogP contribution in [0.3, 0.4) is 0 Å². The number of nitrogens with two attached hydrogens (primary N) is 1. The molecule has 0 fully saturated rings. The third-order valence-corrected chi connectivity index (χ3v) is 2.44. The predicted octanol–water partition coefficient (Wildman–Crippen LogP) is 1.85. The van der Waals surface area contributed by atoms with E-state index in [9.17, 15) is 13.6 Å². The minimum Gasteiger partial charge on any atom is -0.469 e. The number of alkyl halides is 2. The highest BCUT2D eigenvalue weighted by molar-refractivity contribution is 6.31. The van der Waals surface area contributed by atoms with Gasteiger partial charge in [-0.2, -0.15) is 0 Å². The Morgan fingerprint density at radius 1 is 1.65 bits per heavy atom. The first-order chi connectivity index (χ1) is 7.99. The van der Waals surface area contributed by atoms with Gasteiger partial charge in [0, 0.05) is 6.54 Å². The molecule has 0 saturated heterocycles. The lowest BCUT2D eigenvalue weighted by Crippen LogP contribution is -2.12. The first-order valence-corrected chi connectivity index (χ1v) is 5.10. The van der Waals surface area contributed by atoms with Crippen LogP contribution in [0.5, 0.6) is 0 Å². The lowest BCUT2D eigenvalue weighted by atomic mass is 10.1. The summed E-state index contributed by atoms with van der Waals surface area (Å²) in [5.41, 5.74) is 5.47. The fourth-order valence-electron chi connectivity index (χ4n) is 1.29. The van der Waals surface area contributed by atoms with Crippen LogP contribution in [0.4, 0.5) is 8.78 Å². The van der Waals surface area contributed by atoms with Crippen LogP contribution in [0.25, 0.3) is 0 Å². The Morgan fingerprint density at radius 3 is 2.76 bits per heavy atom. The second-order valence-electron chi connectivity index (χ2n) is 3.22. The molecule has 4 nitrogen and oxygen atoms in total. The summed E-state index contributed by atoms with van der Waals surface area (Å²) in [5.74, 6) is -0.512. The average Bonchev–Trinajstić information content (AvgIpc) is 2.28. The van der Waals surface area contributed by atoms with E-state index in [4.69, 9.17) is 17.3 Å². The Labute approximate surface area is 102 Å². The third kappa shape index (κ3) is 3.34. The number of hydrogen-bond donors (Lipinski definition) is 1. The minimum absolute atomic E-state index is 0.0524. The number of esters is 1. The van der Waals surface area contributed by atoms with E-state index < -0.39 is 18.1 Å². The van der Waals surface area contributed by atoms with Crippen molar-refractivity contribution in [2.75, 3.05) is 7.11 Å². The van der Waals surface area contributed by atoms with Crippen molar-refractivity contribution in [3.05, 3.63) is 28.0 Å². The standard InChI is InChI=1S/C10H11ClF2N2O2/c1-17-8(16)3-5-2-6(11)9(10(12)13)15-7(5)4-14/h2,10H,3-4,14H2,1H3. The number of rotatable bonds is 4. The number of methoxy groups -OCH3 is 1. The molecule has 7 heteroatoms. The largest absolute Gasteiger partial charge is 0.469 e. The summed E-state index contributed by atoms with van der Waals surface area (Å²) >= 11 is 5.64. The molecule has 0 unspecified atom stereocenters. The van der Waals surface area contributed by atoms with Crippen LogP contribution < -0.4 is 5.73 Å². The van der Waals surface area contributed by atoms with Crippen molar-refractivity contribution in [3.63, 3.8) is 0 Å². The number of halogens is 3. The molecule has 0 spiro atoms. The molecule has 0 saturated carbocycles. The maximum atomic E-state index is 12.5. The van der Waals surface area contributed by atoms with Crippen LogP contribution >= 0.6 is 11.6 Å². The lowest BCUT2D eigenvalue weighted by Gasteiger charge is -2.10. The number of carbonyl (C=O) groups is 1. The van der Waals surface area contributed by atoms with Crippen molar-refractivity contribution in [1.29, 1.82) is 0 Å². The van der Waals surface area contributed by atoms with Crippen molar-refractivity contribution in [2.24, 2.45) is 5.73 Å². The van der Waals surface area contributed by atoms with Gasteiger partial charge in [-0.15, -0.1) is 0 Å². The molecule has 2 N–H and O–H groups in total. The zero-order valence-corrected chi connectivity index (χ0v) is 9.80. The molecular formula is C10H11ClF2N2O2. The highest BCUT2D eigenvalue weighted by Gasteiger charge is 2.18. The van der Waals surface area contributed by atoms with Crippen molar-refractivity contribution in [2.45, 2.75) is 19.4 Å². The highest BCUT2D eigenvalue weighted by atomic mass is 35.5. The van der Waals surface area contributed by atoms with E-state index in [-0.39, 0.29) is 23.7 Å². The van der Waals surface area contributed by atoms with Crippen molar-refractivity contribution in [3.8, 4) is 0 Å². The van der Waals surface area contributed by atoms with Crippen molar-refractivity contribution >= 4 is 17.6 Å². The van der Waals surface area contributed by atoms with E-state index in [2.05, 4.69) is 9.72 Å². The fourth-order valence-corrected chi connectivity index (χ4v) is 1.55. The molecule has 0 aliphatic heterocycles. The van der Waals surface area contributed by atoms with E-state index in [1.165, 1.54) is 13.2 Å². The number of ether oxygens (including phenoxy) is 1. The summed E-state index contributed by atoms with van der Waals surface area (Å²) in [7, 11) is 1.23. The molecule has 0 atom stereocenters. The van der Waals surface area contributed by atoms with E-state index in [0.717, 1.165) is 0 Å². The maximum absolute atomic E-state index is 12.5. The Kier molecular flexibility index (Phi) is 4.77. The normalized spacial score (nSPS) is 10.7. The van der Waals surface area contributed by atoms with Crippen molar-refractivity contribution < 1.29 is 18.3 Å². The molecule has 0 amide bonds. The van der Waals surface area contributed by atoms with E-state index in [1.54, 1.807) is 0 Å². The SMILES string of the molecule is COC(=O)Cc1cc(Cl)c(C(F)F)nc1CN. The molecule has 0 bridgehead atoms. The van der Waals surface area contributed by atoms with Gasteiger partial charge in [0.05, 0.1) is 24.2 Å². The van der Waals surface area contributed by atoms with Crippen LogP contribution in [-0.2, 0) is 22.5 Å². The van der Waals surface area contributed by atoms with Crippen LogP contribution in [0.2, 0.25) is 5.02 Å². The van der Waals surface area contributed by atoms with Gasteiger partial charge in [-0.05, 0) is 11.6 Å². The number of nitrogens with zero attached hydrogens (tertiary/aromatic N) is 1. The second-order valence-corrected chi connectivity index (χ2v) is 3.63. The molecule has 1 rings (SSSR count). The molecule has 0 aliphatic rings. The summed E-state index contributed by atoms with van der Waals surface area (Å²) in [6.45, 7) is -0.0524. The lowest BCUT2D eigenvalue weighted by molar-refractivity contribution is -0.139. The number of hydrogen-bond acceptors (Lipinski definition) is 4. The number of aromatic nitrogens is 1. The molecule has 1 heterocycles. The molecule has 0 radical (unpaired) electrons. The van der Waals surface area contributed by atoms with Gasteiger partial charge < -0.3 is 10.5 Å². The van der Waals surface area contributed by atoms with Gasteiger partial charge in [0.1, 0.15) is 5.69 Å². The molecule has 1 aromatic heterocycles. The van der Waals surface area contributed by atoms with Crippen LogP contribution in [0.15, 0.2) is 6.07 Å². The second kappa shape index (κ2) is 5.88. The summed E-state index contributed by atoms with van der Waals surface area (Å²) in [6, 6.07) is 1.27. The van der Waals surface area contributed by atoms with Crippen LogP contribution in [0, 0.1) is 0 Å². The fraction of sp³-hybridized carbons (Fsp3) is 0.400.